The molecule has 1 spiro atoms. The van der Waals surface area contributed by atoms with Crippen molar-refractivity contribution in [2.45, 2.75) is 49.9 Å². The Morgan fingerprint density at radius 3 is 2.57 bits per heavy atom. The zero-order valence-corrected chi connectivity index (χ0v) is 21.3. The molecule has 1 aromatic carbocycles. The van der Waals surface area contributed by atoms with Crippen LogP contribution in [0.1, 0.15) is 32.6 Å². The van der Waals surface area contributed by atoms with Gasteiger partial charge in [0.05, 0.1) is 25.2 Å². The predicted molar refractivity (Wildman–Crippen MR) is 135 cm³/mol. The van der Waals surface area contributed by atoms with Crippen molar-refractivity contribution in [1.29, 1.82) is 0 Å². The number of likely N-dealkylation sites (tertiary alicyclic amines) is 1. The fourth-order valence-electron chi connectivity index (χ4n) is 6.27. The van der Waals surface area contributed by atoms with Crippen LogP contribution in [0.15, 0.2) is 48.6 Å². The summed E-state index contributed by atoms with van der Waals surface area (Å²) in [6.07, 6.45) is 10.2. The third-order valence-corrected chi connectivity index (χ3v) is 7.94. The maximum Gasteiger partial charge on any atom is 0.313 e. The summed E-state index contributed by atoms with van der Waals surface area (Å²) in [4.78, 5) is 44.8. The first-order valence-electron chi connectivity index (χ1n) is 13.0. The second-order valence-corrected chi connectivity index (χ2v) is 10.2. The van der Waals surface area contributed by atoms with Crippen molar-refractivity contribution in [3.8, 4) is 5.75 Å². The van der Waals surface area contributed by atoms with Crippen molar-refractivity contribution < 1.29 is 33.7 Å². The minimum absolute atomic E-state index is 0.132. The van der Waals surface area contributed by atoms with Crippen LogP contribution in [0.3, 0.4) is 0 Å². The highest BCUT2D eigenvalue weighted by Gasteiger charge is 2.74. The molecule has 2 amide bonds. The molecule has 37 heavy (non-hydrogen) atoms. The molecule has 4 heterocycles. The third kappa shape index (κ3) is 4.14. The highest BCUT2D eigenvalue weighted by atomic mass is 16.6. The Kier molecular flexibility index (Phi) is 6.85. The highest BCUT2D eigenvalue weighted by molar-refractivity contribution is 6.05. The van der Waals surface area contributed by atoms with Gasteiger partial charge in [0.25, 0.3) is 5.91 Å². The van der Waals surface area contributed by atoms with Gasteiger partial charge >= 0.3 is 5.97 Å². The number of fused-ring (bicyclic) bond motifs is 2. The van der Waals surface area contributed by atoms with Crippen LogP contribution in [0, 0.1) is 11.8 Å². The molecular weight excluding hydrogens is 476 g/mol. The number of benzene rings is 1. The van der Waals surface area contributed by atoms with E-state index >= 15 is 0 Å². The Labute approximate surface area is 216 Å². The molecular formula is C28H34N2O7. The molecule has 0 saturated carbocycles. The number of aliphatic hydroxyl groups excluding tert-OH is 1. The maximum absolute atomic E-state index is 14.3. The third-order valence-electron chi connectivity index (χ3n) is 7.94. The molecule has 2 saturated heterocycles. The van der Waals surface area contributed by atoms with E-state index in [1.807, 2.05) is 18.2 Å². The molecule has 9 nitrogen and oxygen atoms in total. The zero-order chi connectivity index (χ0) is 26.2. The molecule has 0 bridgehead atoms. The molecule has 5 rings (SSSR count). The molecule has 2 fully saturated rings. The Morgan fingerprint density at radius 2 is 1.84 bits per heavy atom. The maximum atomic E-state index is 14.3. The summed E-state index contributed by atoms with van der Waals surface area (Å²) in [5, 5.41) is 9.53. The first-order chi connectivity index (χ1) is 17.9. The second-order valence-electron chi connectivity index (χ2n) is 10.2. The molecule has 9 heteroatoms. The van der Waals surface area contributed by atoms with Crippen LogP contribution in [0.25, 0.3) is 0 Å². The average molecular weight is 511 g/mol. The minimum atomic E-state index is -1.35. The number of allylic oxidation sites excluding steroid dienone is 1. The van der Waals surface area contributed by atoms with E-state index in [4.69, 9.17) is 14.2 Å². The number of cyclic esters (lactones) is 1. The number of nitrogens with zero attached hydrogens (tertiary/aromatic N) is 2. The SMILES string of the molecule is COc1ccc(N2CC=C[C@]34O[C@]5(C)/C=C\CCCCOC(=O)[C@@H]5[C@H]3C(=O)N(CCCO)C4C2=O)cc1. The summed E-state index contributed by atoms with van der Waals surface area (Å²) in [6.45, 7) is 2.41. The van der Waals surface area contributed by atoms with Crippen molar-refractivity contribution in [1.82, 2.24) is 4.90 Å². The predicted octanol–water partition coefficient (Wildman–Crippen LogP) is 2.23. The van der Waals surface area contributed by atoms with Gasteiger partial charge in [0.15, 0.2) is 0 Å². The summed E-state index contributed by atoms with van der Waals surface area (Å²) in [6, 6.07) is 6.16. The van der Waals surface area contributed by atoms with Gasteiger partial charge in [-0.3, -0.25) is 14.4 Å². The lowest BCUT2D eigenvalue weighted by Gasteiger charge is -2.37. The number of hydrogen-bond donors (Lipinski definition) is 1. The van der Waals surface area contributed by atoms with Gasteiger partial charge < -0.3 is 29.1 Å². The van der Waals surface area contributed by atoms with E-state index in [9.17, 15) is 19.5 Å². The van der Waals surface area contributed by atoms with Gasteiger partial charge in [-0.05, 0) is 56.9 Å². The smallest absolute Gasteiger partial charge is 0.313 e. The first kappa shape index (κ1) is 25.5. The van der Waals surface area contributed by atoms with Crippen LogP contribution in [0.5, 0.6) is 5.75 Å². The first-order valence-corrected chi connectivity index (χ1v) is 13.0. The molecule has 4 aliphatic rings. The Hall–Kier alpha value is -3.17. The van der Waals surface area contributed by atoms with Crippen LogP contribution in [-0.4, -0.2) is 78.4 Å². The van der Waals surface area contributed by atoms with Crippen LogP contribution >= 0.6 is 0 Å². The van der Waals surface area contributed by atoms with Crippen molar-refractivity contribution in [2.24, 2.45) is 11.8 Å². The Bertz CT molecular complexity index is 1120. The second kappa shape index (κ2) is 9.95. The molecule has 4 aliphatic heterocycles. The van der Waals surface area contributed by atoms with Crippen LogP contribution in [0.2, 0.25) is 0 Å². The molecule has 0 aromatic heterocycles. The summed E-state index contributed by atoms with van der Waals surface area (Å²) < 4.78 is 17.6. The number of carbonyl (C=O) groups excluding carboxylic acids is 3. The number of esters is 1. The monoisotopic (exact) mass is 510 g/mol. The Balaban J connectivity index is 1.61. The lowest BCUT2D eigenvalue weighted by molar-refractivity contribution is -0.158. The number of amides is 2. The average Bonchev–Trinajstić information content (AvgIpc) is 3.22. The summed E-state index contributed by atoms with van der Waals surface area (Å²) in [5.74, 6) is -2.27. The van der Waals surface area contributed by atoms with Gasteiger partial charge in [0, 0.05) is 25.4 Å². The molecule has 1 aromatic rings. The van der Waals surface area contributed by atoms with Gasteiger partial charge in [-0.15, -0.1) is 0 Å². The molecule has 5 atom stereocenters. The van der Waals surface area contributed by atoms with Crippen LogP contribution in [-0.2, 0) is 23.9 Å². The minimum Gasteiger partial charge on any atom is -0.497 e. The van der Waals surface area contributed by atoms with Crippen molar-refractivity contribution in [2.75, 3.05) is 38.3 Å². The van der Waals surface area contributed by atoms with Gasteiger partial charge in [-0.1, -0.05) is 24.3 Å². The van der Waals surface area contributed by atoms with E-state index < -0.39 is 35.0 Å². The quantitative estimate of drug-likeness (QED) is 0.478. The van der Waals surface area contributed by atoms with Crippen molar-refractivity contribution in [3.05, 3.63) is 48.6 Å². The number of ether oxygens (including phenoxy) is 3. The fraction of sp³-hybridized carbons (Fsp3) is 0.536. The van der Waals surface area contributed by atoms with Crippen molar-refractivity contribution in [3.63, 3.8) is 0 Å². The van der Waals surface area contributed by atoms with E-state index in [0.717, 1.165) is 19.3 Å². The summed E-state index contributed by atoms with van der Waals surface area (Å²) >= 11 is 0. The van der Waals surface area contributed by atoms with E-state index in [1.54, 1.807) is 49.3 Å². The summed E-state index contributed by atoms with van der Waals surface area (Å²) in [7, 11) is 1.58. The molecule has 198 valence electrons. The zero-order valence-electron chi connectivity index (χ0n) is 21.3. The number of carbonyl (C=O) groups is 3. The standard InChI is InChI=1S/C28H34N2O7/c1-27-13-5-3-4-6-18-36-26(34)22(27)21-24(32)30(16-8-17-31)23-25(33)29(15-7-14-28(21,23)37-27)19-9-11-20(35-2)12-10-19/h5,7,9-14,21-23,31H,3-4,6,8,15-18H2,1-2H3/b13-5-/t21-,22-,23?,27+,28-/m0/s1. The number of rotatable bonds is 5. The lowest BCUT2D eigenvalue weighted by Crippen LogP contribution is -2.56. The van der Waals surface area contributed by atoms with E-state index in [1.165, 1.54) is 4.90 Å². The summed E-state index contributed by atoms with van der Waals surface area (Å²) in [5.41, 5.74) is -1.80. The molecule has 1 unspecified atom stereocenters. The topological polar surface area (TPSA) is 106 Å². The van der Waals surface area contributed by atoms with Crippen LogP contribution < -0.4 is 9.64 Å². The number of aliphatic hydroxyl groups is 1. The molecule has 1 N–H and O–H groups in total. The van der Waals surface area contributed by atoms with Gasteiger partial charge in [-0.25, -0.2) is 0 Å². The fourth-order valence-corrected chi connectivity index (χ4v) is 6.27. The molecule has 0 aliphatic carbocycles. The molecule has 0 radical (unpaired) electrons. The van der Waals surface area contributed by atoms with E-state index in [0.29, 0.717) is 17.9 Å². The largest absolute Gasteiger partial charge is 0.497 e. The van der Waals surface area contributed by atoms with E-state index in [2.05, 4.69) is 0 Å². The number of methoxy groups -OCH3 is 1. The van der Waals surface area contributed by atoms with Gasteiger partial charge in [-0.2, -0.15) is 0 Å². The number of hydrogen-bond acceptors (Lipinski definition) is 7. The van der Waals surface area contributed by atoms with E-state index in [-0.39, 0.29) is 38.1 Å². The highest BCUT2D eigenvalue weighted by Crippen LogP contribution is 2.57. The van der Waals surface area contributed by atoms with Gasteiger partial charge in [0.2, 0.25) is 5.91 Å². The Morgan fingerprint density at radius 1 is 1.05 bits per heavy atom. The number of anilines is 1. The lowest BCUT2D eigenvalue weighted by atomic mass is 9.74. The van der Waals surface area contributed by atoms with Crippen LogP contribution in [0.4, 0.5) is 5.69 Å². The normalized spacial score (nSPS) is 34.4. The van der Waals surface area contributed by atoms with Crippen molar-refractivity contribution >= 4 is 23.5 Å². The van der Waals surface area contributed by atoms with Gasteiger partial charge in [0.1, 0.15) is 23.3 Å².